The summed E-state index contributed by atoms with van der Waals surface area (Å²) < 4.78 is 37.5. The van der Waals surface area contributed by atoms with Crippen LogP contribution in [-0.2, 0) is 27.8 Å². The summed E-state index contributed by atoms with van der Waals surface area (Å²) in [5.41, 5.74) is 0. The van der Waals surface area contributed by atoms with Gasteiger partial charge in [-0.05, 0) is 45.8 Å². The van der Waals surface area contributed by atoms with Gasteiger partial charge in [0.15, 0.2) is 19.9 Å². The van der Waals surface area contributed by atoms with E-state index in [2.05, 4.69) is 33.9 Å². The lowest BCUT2D eigenvalue weighted by Crippen LogP contribution is -2.48. The molecular weight excluding hydrogens is 359 g/mol. The van der Waals surface area contributed by atoms with Gasteiger partial charge in [-0.2, -0.15) is 0 Å². The molecule has 0 N–H and O–H groups in total. The van der Waals surface area contributed by atoms with Crippen LogP contribution in [-0.4, -0.2) is 51.2 Å². The lowest BCUT2D eigenvalue weighted by Gasteiger charge is -2.42. The first kappa shape index (κ1) is 23.0. The fourth-order valence-corrected chi connectivity index (χ4v) is 6.94. The second-order valence-electron chi connectivity index (χ2n) is 8.87. The molecule has 1 rings (SSSR count). The van der Waals surface area contributed by atoms with Crippen molar-refractivity contribution in [2.75, 3.05) is 12.8 Å². The van der Waals surface area contributed by atoms with Crippen LogP contribution in [0, 0.1) is 0 Å². The molecule has 0 aromatic heterocycles. The van der Waals surface area contributed by atoms with Crippen molar-refractivity contribution in [2.45, 2.75) is 90.4 Å². The monoisotopic (exact) mass is 394 g/mol. The first-order valence-corrected chi connectivity index (χ1v) is 13.6. The zero-order valence-corrected chi connectivity index (χ0v) is 19.0. The highest BCUT2D eigenvalue weighted by atomic mass is 31.2. The second kappa shape index (κ2) is 7.91. The predicted octanol–water partition coefficient (Wildman–Crippen LogP) is 4.39. The Bertz CT molecular complexity index is 512. The summed E-state index contributed by atoms with van der Waals surface area (Å²) >= 11 is 0. The fraction of sp³-hybridized carbons (Fsp3) is 0.941. The van der Waals surface area contributed by atoms with Gasteiger partial charge in [0, 0.05) is 0 Å². The van der Waals surface area contributed by atoms with Crippen molar-refractivity contribution in [3.63, 3.8) is 0 Å². The van der Waals surface area contributed by atoms with E-state index in [0.29, 0.717) is 6.29 Å². The molecule has 148 valence electrons. The molecule has 0 amide bonds. The van der Waals surface area contributed by atoms with Crippen LogP contribution in [0.25, 0.3) is 0 Å². The average molecular weight is 395 g/mol. The largest absolute Gasteiger partial charge is 0.403 e. The van der Waals surface area contributed by atoms with E-state index in [0.717, 1.165) is 0 Å². The van der Waals surface area contributed by atoms with Crippen molar-refractivity contribution in [1.82, 2.24) is 0 Å². The lowest BCUT2D eigenvalue weighted by molar-refractivity contribution is -0.145. The van der Waals surface area contributed by atoms with Gasteiger partial charge in [0.05, 0.1) is 18.9 Å². The molecule has 3 atom stereocenters. The van der Waals surface area contributed by atoms with Crippen LogP contribution < -0.4 is 0 Å². The first-order valence-electron chi connectivity index (χ1n) is 8.84. The van der Waals surface area contributed by atoms with Crippen molar-refractivity contribution in [1.29, 1.82) is 0 Å². The van der Waals surface area contributed by atoms with Crippen LogP contribution in [0.4, 0.5) is 0 Å². The molecule has 0 aromatic carbocycles. The van der Waals surface area contributed by atoms with Gasteiger partial charge in [-0.3, -0.25) is 4.57 Å². The molecule has 1 heterocycles. The van der Waals surface area contributed by atoms with Gasteiger partial charge in [0.1, 0.15) is 12.4 Å². The number of carbonyl (C=O) groups is 1. The van der Waals surface area contributed by atoms with E-state index in [1.807, 2.05) is 13.8 Å². The maximum absolute atomic E-state index is 13.6. The normalized spacial score (nSPS) is 25.0. The third kappa shape index (κ3) is 5.98. The van der Waals surface area contributed by atoms with Crippen LogP contribution in [0.3, 0.4) is 0 Å². The Kier molecular flexibility index (Phi) is 7.27. The Morgan fingerprint density at radius 3 is 2.24 bits per heavy atom. The molecule has 1 aliphatic heterocycles. The highest BCUT2D eigenvalue weighted by Crippen LogP contribution is 2.57. The summed E-state index contributed by atoms with van der Waals surface area (Å²) in [6.45, 7) is 18.0. The van der Waals surface area contributed by atoms with Crippen LogP contribution in [0.5, 0.6) is 0 Å². The van der Waals surface area contributed by atoms with Crippen LogP contribution >= 0.6 is 7.37 Å². The van der Waals surface area contributed by atoms with Crippen molar-refractivity contribution in [3.05, 3.63) is 0 Å². The molecule has 1 aliphatic rings. The van der Waals surface area contributed by atoms with Gasteiger partial charge in [-0.1, -0.05) is 20.8 Å². The summed E-state index contributed by atoms with van der Waals surface area (Å²) in [7, 11) is -5.69. The molecule has 6 nitrogen and oxygen atoms in total. The minimum absolute atomic E-state index is 0.0793. The molecule has 0 spiro atoms. The topological polar surface area (TPSA) is 71.1 Å². The van der Waals surface area contributed by atoms with Gasteiger partial charge in [0.25, 0.3) is 0 Å². The van der Waals surface area contributed by atoms with Crippen molar-refractivity contribution in [2.24, 2.45) is 0 Å². The van der Waals surface area contributed by atoms with Crippen LogP contribution in [0.15, 0.2) is 0 Å². The number of hydrogen-bond acceptors (Lipinski definition) is 6. The minimum Gasteiger partial charge on any atom is -0.403 e. The molecule has 1 fully saturated rings. The zero-order valence-electron chi connectivity index (χ0n) is 17.1. The van der Waals surface area contributed by atoms with Crippen LogP contribution in [0.1, 0.15) is 48.5 Å². The number of hydrogen-bond donors (Lipinski definition) is 0. The summed E-state index contributed by atoms with van der Waals surface area (Å²) in [6, 6.07) is 0. The molecule has 1 unspecified atom stereocenters. The summed E-state index contributed by atoms with van der Waals surface area (Å²) in [5, 5.41) is -0.0793. The highest BCUT2D eigenvalue weighted by molar-refractivity contribution is 7.60. The van der Waals surface area contributed by atoms with Gasteiger partial charge in [-0.15, -0.1) is 0 Å². The van der Waals surface area contributed by atoms with E-state index in [9.17, 15) is 9.36 Å². The molecule has 0 saturated carbocycles. The standard InChI is InChI=1S/C17H35O6PSi/c1-13(2)22-24(19,11-10-18)15(14-12-20-17(6,7)21-14)23-25(8,9)16(3,4)5/h10,13-15H,11-12H2,1-9H3/t14-,15+,24?/m0/s1. The number of ether oxygens (including phenoxy) is 2. The Balaban J connectivity index is 3.26. The third-order valence-corrected chi connectivity index (χ3v) is 12.0. The van der Waals surface area contributed by atoms with Crippen molar-refractivity contribution < 1.29 is 27.8 Å². The maximum atomic E-state index is 13.6. The maximum Gasteiger partial charge on any atom is 0.239 e. The van der Waals surface area contributed by atoms with Gasteiger partial charge in [-0.25, -0.2) is 0 Å². The van der Waals surface area contributed by atoms with E-state index in [1.165, 1.54) is 0 Å². The van der Waals surface area contributed by atoms with Crippen molar-refractivity contribution >= 4 is 22.0 Å². The highest BCUT2D eigenvalue weighted by Gasteiger charge is 2.51. The Labute approximate surface area is 153 Å². The van der Waals surface area contributed by atoms with E-state index in [-0.39, 0.29) is 23.9 Å². The molecule has 0 aromatic rings. The van der Waals surface area contributed by atoms with Crippen LogP contribution in [0.2, 0.25) is 18.1 Å². The molecule has 1 saturated heterocycles. The molecule has 25 heavy (non-hydrogen) atoms. The van der Waals surface area contributed by atoms with Gasteiger partial charge in [0.2, 0.25) is 7.37 Å². The number of aldehydes is 1. The summed E-state index contributed by atoms with van der Waals surface area (Å²) in [5.74, 6) is -1.59. The van der Waals surface area contributed by atoms with E-state index in [1.54, 1.807) is 13.8 Å². The smallest absolute Gasteiger partial charge is 0.239 e. The Morgan fingerprint density at radius 2 is 1.88 bits per heavy atom. The van der Waals surface area contributed by atoms with Crippen molar-refractivity contribution in [3.8, 4) is 0 Å². The van der Waals surface area contributed by atoms with E-state index in [4.69, 9.17) is 18.4 Å². The summed E-state index contributed by atoms with van der Waals surface area (Å²) in [4.78, 5) is 11.2. The molecule has 8 heteroatoms. The fourth-order valence-electron chi connectivity index (χ4n) is 2.41. The quantitative estimate of drug-likeness (QED) is 0.345. The van der Waals surface area contributed by atoms with E-state index < -0.39 is 33.4 Å². The molecular formula is C17H35O6PSi. The first-order chi connectivity index (χ1) is 11.1. The Morgan fingerprint density at radius 1 is 1.32 bits per heavy atom. The average Bonchev–Trinajstić information content (AvgIpc) is 2.74. The van der Waals surface area contributed by atoms with Gasteiger partial charge >= 0.3 is 0 Å². The molecule has 0 bridgehead atoms. The number of rotatable bonds is 8. The molecule has 0 aliphatic carbocycles. The SMILES string of the molecule is CC(C)OP(=O)(CC=O)[C@@H](O[Si](C)(C)C(C)(C)C)[C@@H]1COC(C)(C)O1. The number of carbonyl (C=O) groups excluding carboxylic acids is 1. The second-order valence-corrected chi connectivity index (χ2v) is 16.2. The Hall–Kier alpha value is -0.0431. The summed E-state index contributed by atoms with van der Waals surface area (Å²) in [6.07, 6.45) is -0.364. The third-order valence-electron chi connectivity index (χ3n) is 4.68. The van der Waals surface area contributed by atoms with Gasteiger partial charge < -0.3 is 23.2 Å². The molecule has 0 radical (unpaired) electrons. The minimum atomic E-state index is -3.42. The zero-order chi connectivity index (χ0) is 19.7. The van der Waals surface area contributed by atoms with E-state index >= 15 is 0 Å². The lowest BCUT2D eigenvalue weighted by atomic mass is 10.2. The predicted molar refractivity (Wildman–Crippen MR) is 102 cm³/mol.